The van der Waals surface area contributed by atoms with E-state index in [1.165, 1.54) is 7.11 Å². The third-order valence-corrected chi connectivity index (χ3v) is 4.51. The molecule has 2 heterocycles. The number of carbonyl (C=O) groups is 1. The molecule has 0 bridgehead atoms. The van der Waals surface area contributed by atoms with Crippen molar-refractivity contribution in [1.29, 1.82) is 0 Å². The maximum absolute atomic E-state index is 12.3. The number of halogens is 1. The molecular weight excluding hydrogens is 394 g/mol. The Hall–Kier alpha value is -2.58. The summed E-state index contributed by atoms with van der Waals surface area (Å²) in [7, 11) is 1.22. The number of carbonyl (C=O) groups excluding carboxylic acids is 1. The molecule has 3 rings (SSSR count). The maximum Gasteiger partial charge on any atom is 0.340 e. The normalized spacial score (nSPS) is 16.2. The zero-order valence-corrected chi connectivity index (χ0v) is 14.7. The van der Waals surface area contributed by atoms with Crippen molar-refractivity contribution in [3.63, 3.8) is 0 Å². The van der Waals surface area contributed by atoms with Crippen molar-refractivity contribution in [1.82, 2.24) is 0 Å². The van der Waals surface area contributed by atoms with Gasteiger partial charge in [0.15, 0.2) is 5.76 Å². The van der Waals surface area contributed by atoms with E-state index in [2.05, 4.69) is 15.9 Å². The van der Waals surface area contributed by atoms with Crippen LogP contribution in [0.25, 0.3) is 0 Å². The molecule has 2 aromatic rings. The van der Waals surface area contributed by atoms with Gasteiger partial charge in [-0.3, -0.25) is 4.79 Å². The summed E-state index contributed by atoms with van der Waals surface area (Å²) in [6.07, 6.45) is 0. The lowest BCUT2D eigenvalue weighted by Gasteiger charge is -2.27. The fourth-order valence-corrected chi connectivity index (χ4v) is 3.21. The lowest BCUT2D eigenvalue weighted by molar-refractivity contribution is -0.136. The molecule has 1 aliphatic heterocycles. The van der Waals surface area contributed by atoms with Gasteiger partial charge >= 0.3 is 5.97 Å². The first kappa shape index (κ1) is 17.2. The molecule has 0 spiro atoms. The first-order valence-corrected chi connectivity index (χ1v) is 8.05. The van der Waals surface area contributed by atoms with Gasteiger partial charge in [0.25, 0.3) is 0 Å². The summed E-state index contributed by atoms with van der Waals surface area (Å²) in [5, 5.41) is 9.34. The summed E-state index contributed by atoms with van der Waals surface area (Å²) in [5.74, 6) is -1.76. The topological polar surface area (TPSA) is 112 Å². The zero-order chi connectivity index (χ0) is 18.1. The zero-order valence-electron chi connectivity index (χ0n) is 13.1. The molecule has 8 heteroatoms. The second-order valence-corrected chi connectivity index (χ2v) is 6.11. The molecule has 1 atom stereocenters. The van der Waals surface area contributed by atoms with Gasteiger partial charge in [-0.15, -0.1) is 0 Å². The Labute approximate surface area is 150 Å². The molecule has 0 unspecified atom stereocenters. The van der Waals surface area contributed by atoms with Crippen LogP contribution in [0.4, 0.5) is 0 Å². The molecular formula is C17H14BrNO6. The Morgan fingerprint density at radius 3 is 2.76 bits per heavy atom. The van der Waals surface area contributed by atoms with Crippen molar-refractivity contribution in [3.05, 3.63) is 73.6 Å². The van der Waals surface area contributed by atoms with Gasteiger partial charge in [0.05, 0.1) is 13.0 Å². The number of esters is 1. The van der Waals surface area contributed by atoms with Crippen LogP contribution >= 0.6 is 15.9 Å². The molecule has 0 saturated carbocycles. The van der Waals surface area contributed by atoms with E-state index in [0.717, 1.165) is 6.07 Å². The minimum atomic E-state index is -0.828. The molecule has 1 aromatic carbocycles. The van der Waals surface area contributed by atoms with Gasteiger partial charge in [0.1, 0.15) is 17.9 Å². The predicted octanol–water partition coefficient (Wildman–Crippen LogP) is 1.76. The number of hydrogen-bond acceptors (Lipinski definition) is 7. The third kappa shape index (κ3) is 2.94. The molecule has 0 amide bonds. The van der Waals surface area contributed by atoms with E-state index >= 15 is 0 Å². The summed E-state index contributed by atoms with van der Waals surface area (Å²) in [5.41, 5.74) is 6.04. The Morgan fingerprint density at radius 2 is 2.12 bits per heavy atom. The van der Waals surface area contributed by atoms with Gasteiger partial charge in [-0.1, -0.05) is 34.1 Å². The Balaban J connectivity index is 2.34. The third-order valence-electron chi connectivity index (χ3n) is 3.79. The summed E-state index contributed by atoms with van der Waals surface area (Å²) >= 11 is 3.43. The van der Waals surface area contributed by atoms with E-state index < -0.39 is 23.9 Å². The maximum atomic E-state index is 12.3. The van der Waals surface area contributed by atoms with E-state index in [4.69, 9.17) is 19.6 Å². The van der Waals surface area contributed by atoms with Gasteiger partial charge in [-0.05, 0) is 11.6 Å². The summed E-state index contributed by atoms with van der Waals surface area (Å²) in [4.78, 5) is 24.6. The summed E-state index contributed by atoms with van der Waals surface area (Å²) in [6, 6.07) is 8.23. The van der Waals surface area contributed by atoms with Crippen LogP contribution in [0, 0.1) is 0 Å². The van der Waals surface area contributed by atoms with E-state index in [-0.39, 0.29) is 28.7 Å². The number of aliphatic hydroxyl groups is 1. The highest BCUT2D eigenvalue weighted by Crippen LogP contribution is 2.43. The van der Waals surface area contributed by atoms with Crippen molar-refractivity contribution in [2.75, 3.05) is 7.11 Å². The number of benzene rings is 1. The first-order chi connectivity index (χ1) is 12.0. The van der Waals surface area contributed by atoms with Gasteiger partial charge < -0.3 is 24.7 Å². The van der Waals surface area contributed by atoms with Crippen molar-refractivity contribution in [2.24, 2.45) is 5.73 Å². The minimum Gasteiger partial charge on any atom is -0.465 e. The molecule has 7 nitrogen and oxygen atoms in total. The van der Waals surface area contributed by atoms with Crippen LogP contribution in [0.5, 0.6) is 5.75 Å². The lowest BCUT2D eigenvalue weighted by atomic mass is 9.86. The molecule has 25 heavy (non-hydrogen) atoms. The number of hydrogen-bond donors (Lipinski definition) is 2. The number of methoxy groups -OCH3 is 1. The molecule has 0 fully saturated rings. The fourth-order valence-electron chi connectivity index (χ4n) is 2.69. The van der Waals surface area contributed by atoms with Gasteiger partial charge in [0, 0.05) is 10.5 Å². The number of rotatable bonds is 3. The number of nitrogens with two attached hydrogens (primary N) is 1. The number of ether oxygens (including phenoxy) is 2. The SMILES string of the molecule is COC(=O)C1=C(N)Oc2c(oc(CO)cc2=O)[C@H]1c1ccccc1Br. The van der Waals surface area contributed by atoms with Crippen molar-refractivity contribution >= 4 is 21.9 Å². The fraction of sp³-hybridized carbons (Fsp3) is 0.176. The van der Waals surface area contributed by atoms with Crippen LogP contribution in [0.2, 0.25) is 0 Å². The number of aliphatic hydroxyl groups excluding tert-OH is 1. The van der Waals surface area contributed by atoms with Crippen LogP contribution in [-0.2, 0) is 16.1 Å². The Kier molecular flexibility index (Phi) is 4.65. The molecule has 130 valence electrons. The van der Waals surface area contributed by atoms with Gasteiger partial charge in [-0.25, -0.2) is 4.79 Å². The van der Waals surface area contributed by atoms with Gasteiger partial charge in [0.2, 0.25) is 17.1 Å². The van der Waals surface area contributed by atoms with Gasteiger partial charge in [-0.2, -0.15) is 0 Å². The average molecular weight is 408 g/mol. The van der Waals surface area contributed by atoms with E-state index in [1.54, 1.807) is 24.3 Å². The van der Waals surface area contributed by atoms with Crippen LogP contribution in [0.1, 0.15) is 23.0 Å². The van der Waals surface area contributed by atoms with Crippen molar-refractivity contribution in [2.45, 2.75) is 12.5 Å². The second kappa shape index (κ2) is 6.73. The molecule has 1 aliphatic rings. The molecule has 0 radical (unpaired) electrons. The van der Waals surface area contributed by atoms with Crippen molar-refractivity contribution < 1.29 is 23.8 Å². The predicted molar refractivity (Wildman–Crippen MR) is 90.7 cm³/mol. The monoisotopic (exact) mass is 407 g/mol. The molecule has 0 aliphatic carbocycles. The summed E-state index contributed by atoms with van der Waals surface area (Å²) in [6.45, 7) is -0.474. The quantitative estimate of drug-likeness (QED) is 0.745. The van der Waals surface area contributed by atoms with Crippen LogP contribution in [-0.4, -0.2) is 18.2 Å². The molecule has 3 N–H and O–H groups in total. The first-order valence-electron chi connectivity index (χ1n) is 7.26. The minimum absolute atomic E-state index is 0.0140. The second-order valence-electron chi connectivity index (χ2n) is 5.25. The summed E-state index contributed by atoms with van der Waals surface area (Å²) < 4.78 is 16.5. The standard InChI is InChI=1S/C17H14BrNO6/c1-23-17(22)13-12(9-4-2-3-5-10(9)18)15-14(25-16(13)19)11(21)6-8(7-20)24-15/h2-6,12,20H,7,19H2,1H3/t12-/m0/s1. The van der Waals surface area contributed by atoms with Crippen LogP contribution in [0.15, 0.2) is 55.5 Å². The van der Waals surface area contributed by atoms with E-state index in [0.29, 0.717) is 10.0 Å². The highest BCUT2D eigenvalue weighted by Gasteiger charge is 2.39. The smallest absolute Gasteiger partial charge is 0.340 e. The van der Waals surface area contributed by atoms with Crippen LogP contribution < -0.4 is 15.9 Å². The molecule has 1 aromatic heterocycles. The lowest BCUT2D eigenvalue weighted by Crippen LogP contribution is -2.30. The Bertz CT molecular complexity index is 933. The van der Waals surface area contributed by atoms with E-state index in [1.807, 2.05) is 0 Å². The highest BCUT2D eigenvalue weighted by atomic mass is 79.9. The van der Waals surface area contributed by atoms with E-state index in [9.17, 15) is 14.7 Å². The highest BCUT2D eigenvalue weighted by molar-refractivity contribution is 9.10. The number of fused-ring (bicyclic) bond motifs is 1. The largest absolute Gasteiger partial charge is 0.465 e. The molecule has 0 saturated heterocycles. The average Bonchev–Trinajstić information content (AvgIpc) is 2.61. The Morgan fingerprint density at radius 1 is 1.40 bits per heavy atom. The van der Waals surface area contributed by atoms with Crippen molar-refractivity contribution in [3.8, 4) is 5.75 Å². The van der Waals surface area contributed by atoms with Crippen LogP contribution in [0.3, 0.4) is 0 Å².